The summed E-state index contributed by atoms with van der Waals surface area (Å²) >= 11 is -2.60. The van der Waals surface area contributed by atoms with Crippen molar-refractivity contribution in [3.8, 4) is 0 Å². The van der Waals surface area contributed by atoms with Crippen LogP contribution in [0.15, 0.2) is 0 Å². The molecule has 2 radical (unpaired) electrons. The molecule has 0 aliphatic rings. The van der Waals surface area contributed by atoms with Crippen LogP contribution in [0.1, 0.15) is 182 Å². The Morgan fingerprint density at radius 3 is 0.921 bits per heavy atom. The van der Waals surface area contributed by atoms with Crippen LogP contribution < -0.4 is 0 Å². The van der Waals surface area contributed by atoms with Crippen LogP contribution in [0.25, 0.3) is 0 Å². The van der Waals surface area contributed by atoms with Crippen molar-refractivity contribution in [1.82, 2.24) is 0 Å². The molecule has 0 aromatic carbocycles. The summed E-state index contributed by atoms with van der Waals surface area (Å²) in [5, 5.41) is 0. The predicted octanol–water partition coefficient (Wildman–Crippen LogP) is 12.7. The fourth-order valence-electron chi connectivity index (χ4n) is 5.15. The second-order valence-corrected chi connectivity index (χ2v) is 26.3. The van der Waals surface area contributed by atoms with Gasteiger partial charge in [-0.25, -0.2) is 0 Å². The van der Waals surface area contributed by atoms with Gasteiger partial charge in [-0.3, -0.25) is 0 Å². The molecule has 0 aromatic rings. The fraction of sp³-hybridized carbons (Fsp3) is 1.00. The van der Waals surface area contributed by atoms with Crippen molar-refractivity contribution < 1.29 is 6.15 Å². The zero-order valence-corrected chi connectivity index (χ0v) is 33.3. The summed E-state index contributed by atoms with van der Waals surface area (Å²) in [6.07, 6.45) is 34.2. The van der Waals surface area contributed by atoms with Gasteiger partial charge < -0.3 is 0 Å². The molecule has 230 valence electrons. The summed E-state index contributed by atoms with van der Waals surface area (Å²) in [6.45, 7) is 9.15. The number of hydrogen-bond acceptors (Lipinski definition) is 2. The van der Waals surface area contributed by atoms with Crippen LogP contribution in [0, 0.1) is 0 Å². The van der Waals surface area contributed by atoms with E-state index in [9.17, 15) is 0 Å². The number of hydrogen-bond donors (Lipinski definition) is 0. The van der Waals surface area contributed by atoms with E-state index in [2.05, 4.69) is 27.7 Å². The topological polar surface area (TPSA) is 18.5 Å². The van der Waals surface area contributed by atoms with Crippen LogP contribution in [-0.4, -0.2) is 54.6 Å². The summed E-state index contributed by atoms with van der Waals surface area (Å²) in [7, 11) is 3.79. The van der Waals surface area contributed by atoms with Gasteiger partial charge in [-0.1, -0.05) is 0 Å². The Morgan fingerprint density at radius 2 is 0.632 bits per heavy atom. The Bertz CT molecular complexity index is 370. The van der Waals surface area contributed by atoms with Crippen molar-refractivity contribution in [2.24, 2.45) is 0 Å². The first kappa shape index (κ1) is 41.7. The first-order valence-corrected chi connectivity index (χ1v) is 27.9. The molecule has 0 atom stereocenters. The minimum absolute atomic E-state index is 0.0736. The minimum atomic E-state index is -2.68. The molecule has 0 saturated carbocycles. The van der Waals surface area contributed by atoms with Crippen molar-refractivity contribution >= 4 is 40.3 Å². The molecule has 2 nitrogen and oxygen atoms in total. The average Bonchev–Trinajstić information content (AvgIpc) is 2.94. The van der Waals surface area contributed by atoms with Crippen LogP contribution in [0.3, 0.4) is 0 Å². The zero-order valence-electron chi connectivity index (χ0n) is 27.6. The summed E-state index contributed by atoms with van der Waals surface area (Å²) in [4.78, 5) is 0. The van der Waals surface area contributed by atoms with Gasteiger partial charge in [-0.2, -0.15) is 0 Å². The average molecular weight is 752 g/mol. The summed E-state index contributed by atoms with van der Waals surface area (Å²) < 4.78 is 17.7. The Morgan fingerprint density at radius 1 is 0.368 bits per heavy atom. The van der Waals surface area contributed by atoms with Gasteiger partial charge in [0.25, 0.3) is 0 Å². The second kappa shape index (κ2) is 36.5. The summed E-state index contributed by atoms with van der Waals surface area (Å²) in [5.41, 5.74) is 0. The van der Waals surface area contributed by atoms with Crippen LogP contribution in [0.2, 0.25) is 17.7 Å². The van der Waals surface area contributed by atoms with Gasteiger partial charge in [-0.05, 0) is 0 Å². The second-order valence-electron chi connectivity index (χ2n) is 11.6. The molecular weight excluding hydrogens is 678 g/mol. The molecule has 0 fully saturated rings. The van der Waals surface area contributed by atoms with E-state index in [1.54, 1.807) is 21.7 Å². The predicted molar refractivity (Wildman–Crippen MR) is 178 cm³/mol. The normalized spacial score (nSPS) is 11.5. The molecule has 0 spiro atoms. The van der Waals surface area contributed by atoms with Crippen LogP contribution in [0.5, 0.6) is 0 Å². The molecule has 38 heavy (non-hydrogen) atoms. The fourth-order valence-corrected chi connectivity index (χ4v) is 16.7. The Kier molecular flexibility index (Phi) is 40.1. The Balaban J connectivity index is 0. The maximum absolute atomic E-state index is 5.93. The van der Waals surface area contributed by atoms with E-state index in [1.807, 2.05) is 14.2 Å². The Hall–Kier alpha value is 1.52. The SMILES string of the molecule is CCCCCCC[CH2][Sn]([CH2]CCCCCCC)([O]C)[O]C.CCCCCCC[CH2][Sn][CH2]CCCCCCC. The summed E-state index contributed by atoms with van der Waals surface area (Å²) in [5.74, 6) is 0. The number of unbranched alkanes of at least 4 members (excludes halogenated alkanes) is 20. The molecule has 0 unspecified atom stereocenters. The van der Waals surface area contributed by atoms with E-state index in [-0.39, 0.29) is 21.1 Å². The van der Waals surface area contributed by atoms with E-state index in [1.165, 1.54) is 150 Å². The van der Waals surface area contributed by atoms with Crippen LogP contribution in [-0.2, 0) is 6.15 Å². The summed E-state index contributed by atoms with van der Waals surface area (Å²) in [6, 6.07) is 0. The van der Waals surface area contributed by atoms with Crippen LogP contribution in [0.4, 0.5) is 0 Å². The van der Waals surface area contributed by atoms with E-state index in [0.29, 0.717) is 0 Å². The monoisotopic (exact) mass is 754 g/mol. The molecule has 0 saturated heterocycles. The van der Waals surface area contributed by atoms with Crippen molar-refractivity contribution in [1.29, 1.82) is 0 Å². The molecule has 4 heteroatoms. The third-order valence-electron chi connectivity index (χ3n) is 7.98. The van der Waals surface area contributed by atoms with E-state index in [4.69, 9.17) is 6.15 Å². The van der Waals surface area contributed by atoms with Gasteiger partial charge in [0.05, 0.1) is 0 Å². The van der Waals surface area contributed by atoms with Gasteiger partial charge in [0.1, 0.15) is 0 Å². The third-order valence-corrected chi connectivity index (χ3v) is 22.6. The number of rotatable bonds is 30. The maximum atomic E-state index is 5.93. The zero-order chi connectivity index (χ0) is 28.4. The molecular formula is C34H74O2Sn2. The van der Waals surface area contributed by atoms with Crippen molar-refractivity contribution in [3.63, 3.8) is 0 Å². The quantitative estimate of drug-likeness (QED) is 0.0537. The molecule has 0 N–H and O–H groups in total. The molecule has 0 aliphatic carbocycles. The van der Waals surface area contributed by atoms with Crippen molar-refractivity contribution in [2.75, 3.05) is 14.2 Å². The van der Waals surface area contributed by atoms with Gasteiger partial charge in [-0.15, -0.1) is 0 Å². The van der Waals surface area contributed by atoms with Crippen LogP contribution >= 0.6 is 0 Å². The Labute approximate surface area is 258 Å². The standard InChI is InChI=1S/4C8H17.2CH3O.2Sn/c4*1-3-5-7-8-6-4-2;2*1-2;;/h4*1,3-8H2,2H3;2*1H3;;/q;;;;2*-1;;+2. The van der Waals surface area contributed by atoms with E-state index in [0.717, 1.165) is 0 Å². The molecule has 0 bridgehead atoms. The van der Waals surface area contributed by atoms with E-state index < -0.39 is 19.2 Å². The third kappa shape index (κ3) is 32.0. The molecule has 0 heterocycles. The van der Waals surface area contributed by atoms with Gasteiger partial charge in [0.15, 0.2) is 0 Å². The molecule has 0 aliphatic heterocycles. The van der Waals surface area contributed by atoms with Gasteiger partial charge in [0.2, 0.25) is 0 Å². The molecule has 0 amide bonds. The molecule has 0 rings (SSSR count). The van der Waals surface area contributed by atoms with E-state index >= 15 is 0 Å². The van der Waals surface area contributed by atoms with Gasteiger partial charge >= 0.3 is 260 Å². The van der Waals surface area contributed by atoms with Crippen molar-refractivity contribution in [3.05, 3.63) is 0 Å². The van der Waals surface area contributed by atoms with Crippen molar-refractivity contribution in [2.45, 2.75) is 200 Å². The first-order chi connectivity index (χ1) is 18.7. The molecule has 0 aromatic heterocycles. The van der Waals surface area contributed by atoms with Gasteiger partial charge in [0, 0.05) is 0 Å². The first-order valence-electron chi connectivity index (χ1n) is 17.5.